The van der Waals surface area contributed by atoms with Gasteiger partial charge in [-0.15, -0.1) is 0 Å². The molecular formula is C14H31NO. The van der Waals surface area contributed by atoms with Crippen LogP contribution < -0.4 is 5.32 Å². The molecule has 98 valence electrons. The minimum atomic E-state index is 0.868. The zero-order chi connectivity index (χ0) is 11.9. The normalized spacial score (nSPS) is 10.9. The summed E-state index contributed by atoms with van der Waals surface area (Å²) >= 11 is 0. The van der Waals surface area contributed by atoms with Gasteiger partial charge in [-0.05, 0) is 33.4 Å². The van der Waals surface area contributed by atoms with E-state index in [-0.39, 0.29) is 0 Å². The highest BCUT2D eigenvalue weighted by molar-refractivity contribution is 4.48. The monoisotopic (exact) mass is 229 g/mol. The van der Waals surface area contributed by atoms with Crippen LogP contribution in [0.5, 0.6) is 0 Å². The van der Waals surface area contributed by atoms with Crippen LogP contribution in [0.25, 0.3) is 0 Å². The SMILES string of the molecule is CCOCCCCCCCCCCCNC. The van der Waals surface area contributed by atoms with Gasteiger partial charge in [-0.1, -0.05) is 44.9 Å². The molecule has 0 aromatic rings. The van der Waals surface area contributed by atoms with Gasteiger partial charge in [0.2, 0.25) is 0 Å². The van der Waals surface area contributed by atoms with Crippen LogP contribution in [0, 0.1) is 0 Å². The van der Waals surface area contributed by atoms with Crippen LogP contribution in [0.2, 0.25) is 0 Å². The smallest absolute Gasteiger partial charge is 0.0465 e. The molecule has 0 aliphatic heterocycles. The molecular weight excluding hydrogens is 198 g/mol. The zero-order valence-corrected chi connectivity index (χ0v) is 11.4. The lowest BCUT2D eigenvalue weighted by molar-refractivity contribution is 0.143. The second-order valence-electron chi connectivity index (χ2n) is 4.48. The average molecular weight is 229 g/mol. The molecule has 0 amide bonds. The molecule has 0 fully saturated rings. The number of hydrogen-bond acceptors (Lipinski definition) is 2. The molecule has 0 saturated carbocycles. The summed E-state index contributed by atoms with van der Waals surface area (Å²) in [5.74, 6) is 0. The first-order valence-electron chi connectivity index (χ1n) is 7.14. The summed E-state index contributed by atoms with van der Waals surface area (Å²) in [6, 6.07) is 0. The van der Waals surface area contributed by atoms with Crippen molar-refractivity contribution in [1.29, 1.82) is 0 Å². The number of nitrogens with one attached hydrogen (secondary N) is 1. The summed E-state index contributed by atoms with van der Waals surface area (Å²) in [6.07, 6.45) is 12.4. The van der Waals surface area contributed by atoms with Gasteiger partial charge in [0.1, 0.15) is 0 Å². The Labute approximate surface area is 102 Å². The second kappa shape index (κ2) is 14.9. The number of ether oxygens (including phenoxy) is 1. The summed E-state index contributed by atoms with van der Waals surface area (Å²) in [7, 11) is 2.03. The third-order valence-corrected chi connectivity index (χ3v) is 2.92. The van der Waals surface area contributed by atoms with E-state index >= 15 is 0 Å². The number of unbranched alkanes of at least 4 members (excludes halogenated alkanes) is 8. The first kappa shape index (κ1) is 15.9. The Balaban J connectivity index is 2.83. The van der Waals surface area contributed by atoms with Crippen molar-refractivity contribution in [3.63, 3.8) is 0 Å². The molecule has 0 unspecified atom stereocenters. The molecule has 16 heavy (non-hydrogen) atoms. The van der Waals surface area contributed by atoms with Crippen LogP contribution in [-0.4, -0.2) is 26.8 Å². The third-order valence-electron chi connectivity index (χ3n) is 2.92. The van der Waals surface area contributed by atoms with Crippen molar-refractivity contribution >= 4 is 0 Å². The lowest BCUT2D eigenvalue weighted by Gasteiger charge is -2.03. The van der Waals surface area contributed by atoms with Crippen molar-refractivity contribution in [1.82, 2.24) is 5.32 Å². The van der Waals surface area contributed by atoms with Gasteiger partial charge < -0.3 is 10.1 Å². The Morgan fingerprint density at radius 1 is 0.750 bits per heavy atom. The molecule has 0 radical (unpaired) electrons. The van der Waals surface area contributed by atoms with Crippen molar-refractivity contribution in [3.8, 4) is 0 Å². The quantitative estimate of drug-likeness (QED) is 0.486. The van der Waals surface area contributed by atoms with E-state index in [0.29, 0.717) is 0 Å². The first-order chi connectivity index (χ1) is 7.91. The highest BCUT2D eigenvalue weighted by Gasteiger charge is 1.92. The van der Waals surface area contributed by atoms with Crippen molar-refractivity contribution in [2.75, 3.05) is 26.8 Å². The van der Waals surface area contributed by atoms with Gasteiger partial charge in [0.25, 0.3) is 0 Å². The first-order valence-corrected chi connectivity index (χ1v) is 7.14. The maximum absolute atomic E-state index is 5.31. The molecule has 2 heteroatoms. The highest BCUT2D eigenvalue weighted by atomic mass is 16.5. The van der Waals surface area contributed by atoms with Gasteiger partial charge in [0.05, 0.1) is 0 Å². The van der Waals surface area contributed by atoms with E-state index in [0.717, 1.165) is 13.2 Å². The Morgan fingerprint density at radius 2 is 1.25 bits per heavy atom. The topological polar surface area (TPSA) is 21.3 Å². The van der Waals surface area contributed by atoms with Crippen molar-refractivity contribution in [3.05, 3.63) is 0 Å². The molecule has 1 N–H and O–H groups in total. The molecule has 0 aliphatic rings. The Kier molecular flexibility index (Phi) is 14.8. The fraction of sp³-hybridized carbons (Fsp3) is 1.00. The van der Waals surface area contributed by atoms with Gasteiger partial charge >= 0.3 is 0 Å². The van der Waals surface area contributed by atoms with Crippen LogP contribution in [0.1, 0.15) is 64.7 Å². The van der Waals surface area contributed by atoms with Crippen LogP contribution in [-0.2, 0) is 4.74 Å². The molecule has 0 aliphatic carbocycles. The summed E-state index contributed by atoms with van der Waals surface area (Å²) in [5.41, 5.74) is 0. The van der Waals surface area contributed by atoms with E-state index in [4.69, 9.17) is 4.74 Å². The molecule has 2 nitrogen and oxygen atoms in total. The molecule has 0 aromatic heterocycles. The minimum Gasteiger partial charge on any atom is -0.382 e. The largest absolute Gasteiger partial charge is 0.382 e. The minimum absolute atomic E-state index is 0.868. The molecule has 0 bridgehead atoms. The van der Waals surface area contributed by atoms with E-state index in [1.54, 1.807) is 0 Å². The average Bonchev–Trinajstić information content (AvgIpc) is 2.31. The molecule has 0 spiro atoms. The molecule has 0 saturated heterocycles. The van der Waals surface area contributed by atoms with Gasteiger partial charge in [-0.3, -0.25) is 0 Å². The highest BCUT2D eigenvalue weighted by Crippen LogP contribution is 2.09. The summed E-state index contributed by atoms with van der Waals surface area (Å²) in [6.45, 7) is 5.07. The molecule has 0 rings (SSSR count). The Bertz CT molecular complexity index is 103. The van der Waals surface area contributed by atoms with Crippen molar-refractivity contribution < 1.29 is 4.74 Å². The van der Waals surface area contributed by atoms with Gasteiger partial charge in [0.15, 0.2) is 0 Å². The van der Waals surface area contributed by atoms with Crippen LogP contribution in [0.3, 0.4) is 0 Å². The zero-order valence-electron chi connectivity index (χ0n) is 11.4. The van der Waals surface area contributed by atoms with Crippen LogP contribution in [0.4, 0.5) is 0 Å². The third kappa shape index (κ3) is 13.9. The van der Waals surface area contributed by atoms with Crippen molar-refractivity contribution in [2.24, 2.45) is 0 Å². The number of hydrogen-bond donors (Lipinski definition) is 1. The van der Waals surface area contributed by atoms with Crippen molar-refractivity contribution in [2.45, 2.75) is 64.7 Å². The van der Waals surface area contributed by atoms with Gasteiger partial charge in [-0.25, -0.2) is 0 Å². The van der Waals surface area contributed by atoms with Crippen LogP contribution in [0.15, 0.2) is 0 Å². The van der Waals surface area contributed by atoms with E-state index in [1.165, 1.54) is 64.3 Å². The maximum Gasteiger partial charge on any atom is 0.0465 e. The molecule has 0 heterocycles. The standard InChI is InChI=1S/C14H31NO/c1-3-16-14-12-10-8-6-4-5-7-9-11-13-15-2/h15H,3-14H2,1-2H3. The fourth-order valence-electron chi connectivity index (χ4n) is 1.89. The van der Waals surface area contributed by atoms with E-state index in [1.807, 2.05) is 7.05 Å². The van der Waals surface area contributed by atoms with E-state index in [9.17, 15) is 0 Å². The summed E-state index contributed by atoms with van der Waals surface area (Å²) in [4.78, 5) is 0. The predicted molar refractivity (Wildman–Crippen MR) is 72.0 cm³/mol. The Morgan fingerprint density at radius 3 is 1.75 bits per heavy atom. The fourth-order valence-corrected chi connectivity index (χ4v) is 1.89. The lowest BCUT2D eigenvalue weighted by Crippen LogP contribution is -2.06. The summed E-state index contributed by atoms with van der Waals surface area (Å²) in [5, 5.41) is 3.19. The van der Waals surface area contributed by atoms with Gasteiger partial charge in [-0.2, -0.15) is 0 Å². The molecule has 0 atom stereocenters. The number of rotatable bonds is 13. The van der Waals surface area contributed by atoms with E-state index < -0.39 is 0 Å². The maximum atomic E-state index is 5.31. The van der Waals surface area contributed by atoms with E-state index in [2.05, 4.69) is 12.2 Å². The predicted octanol–water partition coefficient (Wildman–Crippen LogP) is 3.75. The van der Waals surface area contributed by atoms with Gasteiger partial charge in [0, 0.05) is 13.2 Å². The van der Waals surface area contributed by atoms with Crippen LogP contribution >= 0.6 is 0 Å². The Hall–Kier alpha value is -0.0800. The lowest BCUT2D eigenvalue weighted by atomic mass is 10.1. The summed E-state index contributed by atoms with van der Waals surface area (Å²) < 4.78 is 5.31. The molecule has 0 aromatic carbocycles. The second-order valence-corrected chi connectivity index (χ2v) is 4.48.